The predicted octanol–water partition coefficient (Wildman–Crippen LogP) is 3.81. The third-order valence-corrected chi connectivity index (χ3v) is 5.98. The van der Waals surface area contributed by atoms with E-state index < -0.39 is 0 Å². The predicted molar refractivity (Wildman–Crippen MR) is 104 cm³/mol. The highest BCUT2D eigenvalue weighted by atomic mass is 32.1. The first kappa shape index (κ1) is 17.0. The average molecular weight is 367 g/mol. The van der Waals surface area contributed by atoms with E-state index in [4.69, 9.17) is 9.40 Å². The molecule has 1 atom stereocenters. The quantitative estimate of drug-likeness (QED) is 0.658. The highest BCUT2D eigenvalue weighted by Gasteiger charge is 2.25. The van der Waals surface area contributed by atoms with Crippen LogP contribution >= 0.6 is 11.3 Å². The third kappa shape index (κ3) is 3.57. The van der Waals surface area contributed by atoms with E-state index in [1.54, 1.807) is 29.8 Å². The van der Waals surface area contributed by atoms with E-state index in [2.05, 4.69) is 30.0 Å². The van der Waals surface area contributed by atoms with Crippen molar-refractivity contribution in [1.29, 1.82) is 0 Å². The summed E-state index contributed by atoms with van der Waals surface area (Å²) < 4.78 is 6.45. The van der Waals surface area contributed by atoms with Gasteiger partial charge in [0.2, 0.25) is 5.91 Å². The first-order chi connectivity index (χ1) is 12.7. The number of nitrogens with zero attached hydrogens (tertiary/aromatic N) is 3. The van der Waals surface area contributed by atoms with Crippen molar-refractivity contribution >= 4 is 33.5 Å². The number of aromatic nitrogens is 1. The van der Waals surface area contributed by atoms with Crippen LogP contribution < -0.4 is 0 Å². The van der Waals surface area contributed by atoms with Crippen molar-refractivity contribution in [3.8, 4) is 0 Å². The second kappa shape index (κ2) is 7.43. The molecule has 0 spiro atoms. The summed E-state index contributed by atoms with van der Waals surface area (Å²) >= 11 is 1.76. The van der Waals surface area contributed by atoms with Gasteiger partial charge in [0.25, 0.3) is 0 Å². The molecule has 1 fully saturated rings. The van der Waals surface area contributed by atoms with E-state index >= 15 is 0 Å². The number of rotatable bonds is 4. The second-order valence-corrected chi connectivity index (χ2v) is 7.47. The van der Waals surface area contributed by atoms with Crippen molar-refractivity contribution in [3.05, 3.63) is 59.5 Å². The molecule has 1 amide bonds. The lowest BCUT2D eigenvalue weighted by Gasteiger charge is -2.37. The maximum atomic E-state index is 12.3. The number of carbonyl (C=O) groups excluding carboxylic acids is 1. The van der Waals surface area contributed by atoms with Gasteiger partial charge in [-0.15, -0.1) is 11.3 Å². The van der Waals surface area contributed by atoms with Crippen LogP contribution in [0, 0.1) is 0 Å². The summed E-state index contributed by atoms with van der Waals surface area (Å²) in [5.74, 6) is 0.732. The van der Waals surface area contributed by atoms with E-state index in [0.29, 0.717) is 5.76 Å². The summed E-state index contributed by atoms with van der Waals surface area (Å²) in [6.45, 7) is 5.38. The van der Waals surface area contributed by atoms with Crippen molar-refractivity contribution in [2.75, 3.05) is 26.2 Å². The van der Waals surface area contributed by atoms with Crippen molar-refractivity contribution in [3.63, 3.8) is 0 Å². The number of amides is 1. The van der Waals surface area contributed by atoms with Gasteiger partial charge >= 0.3 is 0 Å². The van der Waals surface area contributed by atoms with Crippen molar-refractivity contribution in [2.45, 2.75) is 13.0 Å². The SMILES string of the molecule is CC(c1nc2ccccc2s1)N1CCN(C(=O)/C=C/c2ccco2)CC1. The summed E-state index contributed by atoms with van der Waals surface area (Å²) in [7, 11) is 0. The fraction of sp³-hybridized carbons (Fsp3) is 0.300. The fourth-order valence-electron chi connectivity index (χ4n) is 3.20. The molecule has 3 heterocycles. The molecule has 0 aliphatic carbocycles. The van der Waals surface area contributed by atoms with Crippen LogP contribution in [0.25, 0.3) is 16.3 Å². The van der Waals surface area contributed by atoms with Crippen LogP contribution in [-0.2, 0) is 4.79 Å². The zero-order chi connectivity index (χ0) is 17.9. The summed E-state index contributed by atoms with van der Waals surface area (Å²) in [6.07, 6.45) is 4.91. The number of thiazole rings is 1. The molecule has 1 aliphatic rings. The first-order valence-electron chi connectivity index (χ1n) is 8.81. The Labute approximate surface area is 156 Å². The first-order valence-corrected chi connectivity index (χ1v) is 9.62. The van der Waals surface area contributed by atoms with Crippen LogP contribution in [0.3, 0.4) is 0 Å². The largest absolute Gasteiger partial charge is 0.465 e. The van der Waals surface area contributed by atoms with Gasteiger partial charge in [-0.2, -0.15) is 0 Å². The van der Waals surface area contributed by atoms with Gasteiger partial charge in [0.05, 0.1) is 22.5 Å². The molecule has 2 aromatic heterocycles. The lowest BCUT2D eigenvalue weighted by molar-refractivity contribution is -0.127. The fourth-order valence-corrected chi connectivity index (χ4v) is 4.25. The Morgan fingerprint density at radius 1 is 1.19 bits per heavy atom. The zero-order valence-corrected chi connectivity index (χ0v) is 15.5. The van der Waals surface area contributed by atoms with Crippen LogP contribution in [0.1, 0.15) is 23.7 Å². The molecule has 26 heavy (non-hydrogen) atoms. The molecule has 0 radical (unpaired) electrons. The number of hydrogen-bond acceptors (Lipinski definition) is 5. The van der Waals surface area contributed by atoms with Gasteiger partial charge in [-0.25, -0.2) is 4.98 Å². The van der Waals surface area contributed by atoms with Crippen molar-refractivity contribution in [2.24, 2.45) is 0 Å². The Hall–Kier alpha value is -2.44. The van der Waals surface area contributed by atoms with Gasteiger partial charge < -0.3 is 9.32 Å². The Balaban J connectivity index is 1.36. The van der Waals surface area contributed by atoms with Crippen molar-refractivity contribution in [1.82, 2.24) is 14.8 Å². The maximum absolute atomic E-state index is 12.3. The lowest BCUT2D eigenvalue weighted by atomic mass is 10.2. The Kier molecular flexibility index (Phi) is 4.86. The Bertz CT molecular complexity index is 875. The van der Waals surface area contributed by atoms with E-state index in [1.165, 1.54) is 4.70 Å². The molecule has 1 unspecified atom stereocenters. The Morgan fingerprint density at radius 3 is 2.73 bits per heavy atom. The number of furan rings is 1. The Morgan fingerprint density at radius 2 is 2.00 bits per heavy atom. The van der Waals surface area contributed by atoms with Gasteiger partial charge in [0, 0.05) is 32.3 Å². The molecule has 5 nitrogen and oxygen atoms in total. The van der Waals surface area contributed by atoms with Gasteiger partial charge in [-0.3, -0.25) is 9.69 Å². The normalized spacial score (nSPS) is 17.2. The molecule has 6 heteroatoms. The number of para-hydroxylation sites is 1. The monoisotopic (exact) mass is 367 g/mol. The second-order valence-electron chi connectivity index (χ2n) is 6.41. The van der Waals surface area contributed by atoms with Gasteiger partial charge in [0.15, 0.2) is 0 Å². The van der Waals surface area contributed by atoms with Gasteiger partial charge in [0.1, 0.15) is 10.8 Å². The van der Waals surface area contributed by atoms with Crippen LogP contribution in [-0.4, -0.2) is 46.9 Å². The molecule has 3 aromatic rings. The minimum atomic E-state index is 0.0358. The summed E-state index contributed by atoms with van der Waals surface area (Å²) in [4.78, 5) is 21.4. The molecule has 1 aromatic carbocycles. The molecule has 1 aliphatic heterocycles. The molecular weight excluding hydrogens is 346 g/mol. The minimum Gasteiger partial charge on any atom is -0.465 e. The number of piperazine rings is 1. The summed E-state index contributed by atoms with van der Waals surface area (Å²) in [5.41, 5.74) is 1.07. The summed E-state index contributed by atoms with van der Waals surface area (Å²) in [5, 5.41) is 1.14. The van der Waals surface area contributed by atoms with Crippen LogP contribution in [0.15, 0.2) is 53.2 Å². The smallest absolute Gasteiger partial charge is 0.246 e. The van der Waals surface area contributed by atoms with E-state index in [-0.39, 0.29) is 11.9 Å². The molecule has 0 bridgehead atoms. The van der Waals surface area contributed by atoms with Crippen LogP contribution in [0.5, 0.6) is 0 Å². The maximum Gasteiger partial charge on any atom is 0.246 e. The number of fused-ring (bicyclic) bond motifs is 1. The minimum absolute atomic E-state index is 0.0358. The number of benzene rings is 1. The zero-order valence-electron chi connectivity index (χ0n) is 14.7. The van der Waals surface area contributed by atoms with E-state index in [9.17, 15) is 4.79 Å². The standard InChI is InChI=1S/C20H21N3O2S/c1-15(20-21-17-6-2-3-7-18(17)26-20)22-10-12-23(13-11-22)19(24)9-8-16-5-4-14-25-16/h2-9,14-15H,10-13H2,1H3/b9-8+. The molecule has 0 N–H and O–H groups in total. The van der Waals surface area contributed by atoms with Crippen LogP contribution in [0.2, 0.25) is 0 Å². The molecule has 134 valence electrons. The highest BCUT2D eigenvalue weighted by molar-refractivity contribution is 7.18. The molecule has 4 rings (SSSR count). The van der Waals surface area contributed by atoms with Gasteiger partial charge in [-0.05, 0) is 37.3 Å². The van der Waals surface area contributed by atoms with E-state index in [1.807, 2.05) is 23.1 Å². The number of carbonyl (C=O) groups is 1. The molecule has 1 saturated heterocycles. The average Bonchev–Trinajstić information content (AvgIpc) is 3.35. The van der Waals surface area contributed by atoms with Crippen molar-refractivity contribution < 1.29 is 9.21 Å². The summed E-state index contributed by atoms with van der Waals surface area (Å²) in [6, 6.07) is 12.2. The third-order valence-electron chi connectivity index (χ3n) is 4.77. The lowest BCUT2D eigenvalue weighted by Crippen LogP contribution is -2.48. The highest BCUT2D eigenvalue weighted by Crippen LogP contribution is 2.29. The van der Waals surface area contributed by atoms with Crippen LogP contribution in [0.4, 0.5) is 0 Å². The topological polar surface area (TPSA) is 49.6 Å². The van der Waals surface area contributed by atoms with Gasteiger partial charge in [-0.1, -0.05) is 12.1 Å². The molecular formula is C20H21N3O2S. The van der Waals surface area contributed by atoms with E-state index in [0.717, 1.165) is 36.7 Å². The number of hydrogen-bond donors (Lipinski definition) is 0. The molecule has 0 saturated carbocycles.